The number of aromatic nitrogens is 4. The van der Waals surface area contributed by atoms with Crippen molar-refractivity contribution in [2.75, 3.05) is 12.3 Å². The van der Waals surface area contributed by atoms with E-state index in [1.807, 2.05) is 35.8 Å². The Hall–Kier alpha value is -3.57. The van der Waals surface area contributed by atoms with Gasteiger partial charge < -0.3 is 24.3 Å². The Kier molecular flexibility index (Phi) is 9.36. The predicted octanol–water partition coefficient (Wildman–Crippen LogP) is 4.62. The number of rotatable bonds is 13. The number of fused-ring (bicyclic) bond motifs is 3. The molecule has 214 valence electrons. The third-order valence-electron chi connectivity index (χ3n) is 5.82. The van der Waals surface area contributed by atoms with E-state index in [0.29, 0.717) is 23.8 Å². The first kappa shape index (κ1) is 29.4. The second-order valence-corrected chi connectivity index (χ2v) is 11.2. The number of nitrogens with one attached hydrogen (secondary N) is 1. The van der Waals surface area contributed by atoms with Crippen LogP contribution in [-0.2, 0) is 36.5 Å². The third-order valence-corrected chi connectivity index (χ3v) is 7.61. The Morgan fingerprint density at radius 3 is 2.52 bits per heavy atom. The number of anilines is 1. The van der Waals surface area contributed by atoms with E-state index in [-0.39, 0.29) is 25.0 Å². The van der Waals surface area contributed by atoms with Gasteiger partial charge in [0, 0.05) is 24.4 Å². The van der Waals surface area contributed by atoms with Crippen molar-refractivity contribution in [3.63, 3.8) is 0 Å². The molecule has 13 heteroatoms. The number of ether oxygens (including phenoxy) is 2. The van der Waals surface area contributed by atoms with Crippen molar-refractivity contribution in [3.8, 4) is 5.75 Å². The second-order valence-electron chi connectivity index (χ2n) is 9.51. The zero-order chi connectivity index (χ0) is 28.9. The Morgan fingerprint density at radius 1 is 1.10 bits per heavy atom. The van der Waals surface area contributed by atoms with Crippen molar-refractivity contribution in [2.45, 2.75) is 66.0 Å². The van der Waals surface area contributed by atoms with Gasteiger partial charge in [0.15, 0.2) is 5.82 Å². The molecule has 4 rings (SSSR count). The van der Waals surface area contributed by atoms with Gasteiger partial charge in [-0.2, -0.15) is 5.09 Å². The maximum atomic E-state index is 14.0. The van der Waals surface area contributed by atoms with Gasteiger partial charge in [0.05, 0.1) is 29.8 Å². The maximum absolute atomic E-state index is 14.0. The minimum Gasteiger partial charge on any atom is -0.462 e. The van der Waals surface area contributed by atoms with Crippen LogP contribution in [0.5, 0.6) is 5.75 Å². The van der Waals surface area contributed by atoms with Crippen LogP contribution in [0.4, 0.5) is 5.82 Å². The van der Waals surface area contributed by atoms with Gasteiger partial charge in [0.25, 0.3) is 0 Å². The second kappa shape index (κ2) is 12.7. The molecule has 0 aliphatic heterocycles. The maximum Gasteiger partial charge on any atom is 0.459 e. The highest BCUT2D eigenvalue weighted by molar-refractivity contribution is 7.52. The Labute approximate surface area is 232 Å². The fourth-order valence-corrected chi connectivity index (χ4v) is 5.85. The normalized spacial score (nSPS) is 14.8. The molecular weight excluding hydrogens is 535 g/mol. The first-order valence-corrected chi connectivity index (χ1v) is 14.6. The van der Waals surface area contributed by atoms with E-state index in [1.54, 1.807) is 32.9 Å². The van der Waals surface area contributed by atoms with Gasteiger partial charge in [-0.15, -0.1) is 0 Å². The molecule has 0 bridgehead atoms. The molecule has 0 unspecified atom stereocenters. The number of carbonyl (C=O) groups excluding carboxylic acids is 1. The van der Waals surface area contributed by atoms with Crippen LogP contribution >= 0.6 is 7.75 Å². The standard InChI is InChI=1S/C27H35N6O6P/c1-6-36-16-23-31-24-25(21-9-7-8-10-22(21)30-26(24)28)33(23)15-18(4)38-40(35,39-20-11-13-29-14-12-20)32-19(5)27(34)37-17(2)3/h7-14,17-19H,6,15-16H2,1-5H3,(H2,28,30)(H,32,35)/t18-,19+,40+/m1/s1. The number of benzene rings is 1. The summed E-state index contributed by atoms with van der Waals surface area (Å²) in [4.78, 5) is 25.7. The van der Waals surface area contributed by atoms with Crippen LogP contribution in [0.15, 0.2) is 48.8 Å². The molecule has 0 saturated heterocycles. The van der Waals surface area contributed by atoms with Crippen molar-refractivity contribution in [1.29, 1.82) is 0 Å². The monoisotopic (exact) mass is 570 g/mol. The lowest BCUT2D eigenvalue weighted by molar-refractivity contribution is -0.149. The van der Waals surface area contributed by atoms with E-state index < -0.39 is 25.9 Å². The lowest BCUT2D eigenvalue weighted by Gasteiger charge is -2.26. The lowest BCUT2D eigenvalue weighted by atomic mass is 10.2. The highest BCUT2D eigenvalue weighted by Gasteiger charge is 2.35. The van der Waals surface area contributed by atoms with Crippen LogP contribution < -0.4 is 15.3 Å². The molecule has 0 amide bonds. The fourth-order valence-electron chi connectivity index (χ4n) is 4.17. The smallest absolute Gasteiger partial charge is 0.459 e. The number of pyridine rings is 2. The summed E-state index contributed by atoms with van der Waals surface area (Å²) < 4.78 is 38.8. The molecule has 0 aliphatic carbocycles. The summed E-state index contributed by atoms with van der Waals surface area (Å²) in [5, 5.41) is 3.57. The zero-order valence-electron chi connectivity index (χ0n) is 23.2. The molecule has 3 N–H and O–H groups in total. The first-order chi connectivity index (χ1) is 19.1. The summed E-state index contributed by atoms with van der Waals surface area (Å²) in [6, 6.07) is 9.74. The van der Waals surface area contributed by atoms with Gasteiger partial charge in [-0.05, 0) is 52.8 Å². The number of para-hydroxylation sites is 1. The number of nitrogen functional groups attached to an aromatic ring is 1. The number of hydrogen-bond acceptors (Lipinski definition) is 10. The fraction of sp³-hybridized carbons (Fsp3) is 0.407. The van der Waals surface area contributed by atoms with Crippen molar-refractivity contribution in [3.05, 3.63) is 54.6 Å². The lowest BCUT2D eigenvalue weighted by Crippen LogP contribution is -2.37. The molecule has 12 nitrogen and oxygen atoms in total. The van der Waals surface area contributed by atoms with Crippen molar-refractivity contribution in [1.82, 2.24) is 24.6 Å². The number of nitrogens with two attached hydrogens (primary N) is 1. The molecule has 0 spiro atoms. The number of carbonyl (C=O) groups is 1. The zero-order valence-corrected chi connectivity index (χ0v) is 24.1. The molecular formula is C27H35N6O6P. The Bertz CT molecular complexity index is 1510. The highest BCUT2D eigenvalue weighted by atomic mass is 31.2. The quantitative estimate of drug-likeness (QED) is 0.171. The van der Waals surface area contributed by atoms with E-state index in [4.69, 9.17) is 29.2 Å². The first-order valence-electron chi connectivity index (χ1n) is 13.1. The van der Waals surface area contributed by atoms with Crippen molar-refractivity contribution in [2.24, 2.45) is 0 Å². The molecule has 1 aromatic carbocycles. The number of imidazole rings is 1. The van der Waals surface area contributed by atoms with Gasteiger partial charge in [-0.1, -0.05) is 18.2 Å². The summed E-state index contributed by atoms with van der Waals surface area (Å²) in [5.74, 6) is 0.588. The van der Waals surface area contributed by atoms with E-state index in [1.165, 1.54) is 19.3 Å². The average Bonchev–Trinajstić information content (AvgIpc) is 3.26. The summed E-state index contributed by atoms with van der Waals surface area (Å²) in [5.41, 5.74) is 8.31. The Morgan fingerprint density at radius 2 is 1.82 bits per heavy atom. The summed E-state index contributed by atoms with van der Waals surface area (Å²) >= 11 is 0. The molecule has 3 aromatic heterocycles. The molecule has 0 radical (unpaired) electrons. The number of nitrogens with zero attached hydrogens (tertiary/aromatic N) is 4. The van der Waals surface area contributed by atoms with Crippen LogP contribution in [0.2, 0.25) is 0 Å². The number of hydrogen-bond donors (Lipinski definition) is 2. The highest BCUT2D eigenvalue weighted by Crippen LogP contribution is 2.46. The SMILES string of the molecule is CCOCc1nc2c(N)nc3ccccc3c2n1C[C@@H](C)O[P@@](=O)(N[C@@H](C)C(=O)OC(C)C)Oc1ccncc1. The van der Waals surface area contributed by atoms with Gasteiger partial charge in [-0.25, -0.2) is 14.5 Å². The van der Waals surface area contributed by atoms with Crippen LogP contribution in [-0.4, -0.2) is 50.3 Å². The number of esters is 1. The van der Waals surface area contributed by atoms with Crippen molar-refractivity contribution >= 4 is 41.5 Å². The van der Waals surface area contributed by atoms with Gasteiger partial charge >= 0.3 is 13.7 Å². The average molecular weight is 571 g/mol. The molecule has 0 saturated carbocycles. The molecule has 3 heterocycles. The van der Waals surface area contributed by atoms with Gasteiger partial charge in [0.2, 0.25) is 0 Å². The van der Waals surface area contributed by atoms with E-state index in [0.717, 1.165) is 16.4 Å². The molecule has 40 heavy (non-hydrogen) atoms. The van der Waals surface area contributed by atoms with Crippen LogP contribution in [0, 0.1) is 0 Å². The van der Waals surface area contributed by atoms with E-state index >= 15 is 0 Å². The summed E-state index contributed by atoms with van der Waals surface area (Å²) in [6.45, 7) is 9.60. The molecule has 0 aliphatic rings. The minimum atomic E-state index is -4.10. The van der Waals surface area contributed by atoms with E-state index in [9.17, 15) is 9.36 Å². The van der Waals surface area contributed by atoms with E-state index in [2.05, 4.69) is 15.1 Å². The predicted molar refractivity (Wildman–Crippen MR) is 152 cm³/mol. The third kappa shape index (κ3) is 6.95. The largest absolute Gasteiger partial charge is 0.462 e. The van der Waals surface area contributed by atoms with Crippen molar-refractivity contribution < 1.29 is 27.9 Å². The minimum absolute atomic E-state index is 0.225. The van der Waals surface area contributed by atoms with Gasteiger partial charge in [0.1, 0.15) is 29.7 Å². The molecule has 3 atom stereocenters. The molecule has 0 fully saturated rings. The van der Waals surface area contributed by atoms with Gasteiger partial charge in [-0.3, -0.25) is 14.3 Å². The van der Waals surface area contributed by atoms with Crippen LogP contribution in [0.3, 0.4) is 0 Å². The van der Waals surface area contributed by atoms with Crippen LogP contribution in [0.1, 0.15) is 40.4 Å². The summed E-state index contributed by atoms with van der Waals surface area (Å²) in [7, 11) is -4.10. The molecule has 4 aromatic rings. The topological polar surface area (TPSA) is 153 Å². The summed E-state index contributed by atoms with van der Waals surface area (Å²) in [6.07, 6.45) is 1.98. The van der Waals surface area contributed by atoms with Crippen LogP contribution in [0.25, 0.3) is 21.9 Å². The Balaban J connectivity index is 1.68.